The van der Waals surface area contributed by atoms with Crippen LogP contribution in [-0.4, -0.2) is 9.36 Å². The molecule has 0 saturated carbocycles. The van der Waals surface area contributed by atoms with Crippen molar-refractivity contribution in [2.75, 3.05) is 5.32 Å². The van der Waals surface area contributed by atoms with E-state index in [1.54, 1.807) is 6.07 Å². The Morgan fingerprint density at radius 2 is 2.16 bits per heavy atom. The van der Waals surface area contributed by atoms with Crippen LogP contribution in [0.3, 0.4) is 0 Å². The highest BCUT2D eigenvalue weighted by Crippen LogP contribution is 2.23. The largest absolute Gasteiger partial charge is 0.356 e. The molecule has 4 nitrogen and oxygen atoms in total. The van der Waals surface area contributed by atoms with Gasteiger partial charge in [-0.2, -0.15) is 9.64 Å². The summed E-state index contributed by atoms with van der Waals surface area (Å²) >= 11 is 1.37. The normalized spacial score (nSPS) is 11.1. The second-order valence-electron chi connectivity index (χ2n) is 5.34. The molecule has 0 aliphatic rings. The number of aromatic nitrogens is 2. The average Bonchev–Trinajstić information content (AvgIpc) is 2.85. The van der Waals surface area contributed by atoms with Crippen molar-refractivity contribution in [2.45, 2.75) is 32.7 Å². The van der Waals surface area contributed by atoms with Crippen LogP contribution in [0.5, 0.6) is 0 Å². The van der Waals surface area contributed by atoms with Crippen LogP contribution in [0.25, 0.3) is 0 Å². The van der Waals surface area contributed by atoms with Crippen LogP contribution in [0.15, 0.2) is 24.3 Å². The van der Waals surface area contributed by atoms with Gasteiger partial charge in [0, 0.05) is 23.5 Å². The maximum absolute atomic E-state index is 8.85. The number of hydrogen-bond donors (Lipinski definition) is 1. The summed E-state index contributed by atoms with van der Waals surface area (Å²) in [5.41, 5.74) is 1.70. The number of nitriles is 1. The van der Waals surface area contributed by atoms with Gasteiger partial charge in [0.15, 0.2) is 0 Å². The van der Waals surface area contributed by atoms with Gasteiger partial charge >= 0.3 is 0 Å². The lowest BCUT2D eigenvalue weighted by Crippen LogP contribution is -2.13. The van der Waals surface area contributed by atoms with Gasteiger partial charge in [0.05, 0.1) is 11.6 Å². The van der Waals surface area contributed by atoms with Crippen molar-refractivity contribution >= 4 is 16.7 Å². The molecule has 0 amide bonds. The maximum atomic E-state index is 8.85. The van der Waals surface area contributed by atoms with Crippen LogP contribution in [0.4, 0.5) is 5.13 Å². The lowest BCUT2D eigenvalue weighted by atomic mass is 9.96. The maximum Gasteiger partial charge on any atom is 0.202 e. The van der Waals surface area contributed by atoms with Gasteiger partial charge in [0.2, 0.25) is 5.13 Å². The molecule has 0 aliphatic heterocycles. The Kier molecular flexibility index (Phi) is 3.82. The Bertz CT molecular complexity index is 604. The summed E-state index contributed by atoms with van der Waals surface area (Å²) in [5.74, 6) is 0.853. The van der Waals surface area contributed by atoms with Gasteiger partial charge < -0.3 is 5.32 Å². The van der Waals surface area contributed by atoms with Gasteiger partial charge in [0.25, 0.3) is 0 Å². The van der Waals surface area contributed by atoms with Crippen molar-refractivity contribution < 1.29 is 0 Å². The highest BCUT2D eigenvalue weighted by molar-refractivity contribution is 7.09. The Balaban J connectivity index is 2.03. The SMILES string of the molecule is CC(C)(C)c1nsc(NCc2cccc(C#N)c2)n1. The lowest BCUT2D eigenvalue weighted by Gasteiger charge is -2.12. The van der Waals surface area contributed by atoms with Crippen LogP contribution < -0.4 is 5.32 Å². The van der Waals surface area contributed by atoms with Crippen molar-refractivity contribution in [3.05, 3.63) is 41.2 Å². The van der Waals surface area contributed by atoms with E-state index >= 15 is 0 Å². The van der Waals surface area contributed by atoms with Gasteiger partial charge in [0.1, 0.15) is 5.82 Å². The quantitative estimate of drug-likeness (QED) is 0.931. The summed E-state index contributed by atoms with van der Waals surface area (Å²) in [5, 5.41) is 12.9. The van der Waals surface area contributed by atoms with E-state index in [-0.39, 0.29) is 5.41 Å². The van der Waals surface area contributed by atoms with Crippen molar-refractivity contribution in [2.24, 2.45) is 0 Å². The first kappa shape index (κ1) is 13.5. The van der Waals surface area contributed by atoms with Crippen molar-refractivity contribution in [3.63, 3.8) is 0 Å². The minimum Gasteiger partial charge on any atom is -0.356 e. The second-order valence-corrected chi connectivity index (χ2v) is 6.09. The number of hydrogen-bond acceptors (Lipinski definition) is 5. The molecular formula is C14H16N4S. The number of nitrogens with one attached hydrogen (secondary N) is 1. The summed E-state index contributed by atoms with van der Waals surface area (Å²) in [6.07, 6.45) is 0. The number of benzene rings is 1. The van der Waals surface area contributed by atoms with Crippen molar-refractivity contribution in [1.29, 1.82) is 5.26 Å². The van der Waals surface area contributed by atoms with E-state index in [1.807, 2.05) is 18.2 Å². The number of rotatable bonds is 3. The van der Waals surface area contributed by atoms with Crippen LogP contribution in [-0.2, 0) is 12.0 Å². The minimum atomic E-state index is -0.0306. The molecule has 1 aromatic carbocycles. The molecule has 1 aromatic heterocycles. The molecule has 0 saturated heterocycles. The number of anilines is 1. The molecule has 1 N–H and O–H groups in total. The molecule has 0 spiro atoms. The second kappa shape index (κ2) is 5.37. The molecule has 0 aliphatic carbocycles. The summed E-state index contributed by atoms with van der Waals surface area (Å²) < 4.78 is 4.35. The van der Waals surface area contributed by atoms with Gasteiger partial charge in [-0.15, -0.1) is 0 Å². The summed E-state index contributed by atoms with van der Waals surface area (Å²) in [7, 11) is 0. The van der Waals surface area contributed by atoms with E-state index in [4.69, 9.17) is 5.26 Å². The van der Waals surface area contributed by atoms with Crippen LogP contribution >= 0.6 is 11.5 Å². The van der Waals surface area contributed by atoms with E-state index in [0.29, 0.717) is 12.1 Å². The zero-order valence-electron chi connectivity index (χ0n) is 11.3. The van der Waals surface area contributed by atoms with Crippen molar-refractivity contribution in [1.82, 2.24) is 9.36 Å². The predicted octanol–water partition coefficient (Wildman–Crippen LogP) is 3.32. The van der Waals surface area contributed by atoms with Crippen LogP contribution in [0.2, 0.25) is 0 Å². The van der Waals surface area contributed by atoms with Gasteiger partial charge in [-0.3, -0.25) is 0 Å². The van der Waals surface area contributed by atoms with E-state index in [9.17, 15) is 0 Å². The first-order chi connectivity index (χ1) is 8.99. The summed E-state index contributed by atoms with van der Waals surface area (Å²) in [4.78, 5) is 4.47. The highest BCUT2D eigenvalue weighted by Gasteiger charge is 2.19. The fourth-order valence-electron chi connectivity index (χ4n) is 1.53. The molecule has 0 fully saturated rings. The van der Waals surface area contributed by atoms with E-state index in [2.05, 4.69) is 41.5 Å². The third-order valence-electron chi connectivity index (χ3n) is 2.60. The molecule has 1 heterocycles. The Hall–Kier alpha value is -1.93. The monoisotopic (exact) mass is 272 g/mol. The fraction of sp³-hybridized carbons (Fsp3) is 0.357. The first-order valence-corrected chi connectivity index (χ1v) is 6.83. The Morgan fingerprint density at radius 3 is 2.79 bits per heavy atom. The van der Waals surface area contributed by atoms with Crippen LogP contribution in [0, 0.1) is 11.3 Å². The smallest absolute Gasteiger partial charge is 0.202 e. The molecule has 0 unspecified atom stereocenters. The van der Waals surface area contributed by atoms with E-state index < -0.39 is 0 Å². The van der Waals surface area contributed by atoms with Gasteiger partial charge in [-0.1, -0.05) is 32.9 Å². The van der Waals surface area contributed by atoms with Crippen LogP contribution in [0.1, 0.15) is 37.7 Å². The van der Waals surface area contributed by atoms with Gasteiger partial charge in [-0.05, 0) is 17.7 Å². The third kappa shape index (κ3) is 3.52. The third-order valence-corrected chi connectivity index (χ3v) is 3.27. The molecule has 5 heteroatoms. The van der Waals surface area contributed by atoms with Gasteiger partial charge in [-0.25, -0.2) is 4.98 Å². The fourth-order valence-corrected chi connectivity index (χ4v) is 2.28. The zero-order valence-corrected chi connectivity index (χ0v) is 12.1. The molecule has 2 aromatic rings. The minimum absolute atomic E-state index is 0.0306. The molecule has 0 atom stereocenters. The predicted molar refractivity (Wildman–Crippen MR) is 77.1 cm³/mol. The molecule has 0 bridgehead atoms. The Labute approximate surface area is 117 Å². The molecule has 2 rings (SSSR count). The first-order valence-electron chi connectivity index (χ1n) is 6.06. The van der Waals surface area contributed by atoms with E-state index in [1.165, 1.54) is 11.5 Å². The zero-order chi connectivity index (χ0) is 13.9. The lowest BCUT2D eigenvalue weighted by molar-refractivity contribution is 0.555. The molecule has 0 radical (unpaired) electrons. The Morgan fingerprint density at radius 1 is 1.37 bits per heavy atom. The highest BCUT2D eigenvalue weighted by atomic mass is 32.1. The topological polar surface area (TPSA) is 61.6 Å². The summed E-state index contributed by atoms with van der Waals surface area (Å²) in [6.45, 7) is 6.92. The molecule has 98 valence electrons. The van der Waals surface area contributed by atoms with E-state index in [0.717, 1.165) is 16.5 Å². The standard InChI is InChI=1S/C14H16N4S/c1-14(2,3)12-17-13(19-18-12)16-9-11-6-4-5-10(7-11)8-15/h4-7H,9H2,1-3H3,(H,16,17,18). The molecular weight excluding hydrogens is 256 g/mol. The number of nitrogens with zero attached hydrogens (tertiary/aromatic N) is 3. The molecule has 19 heavy (non-hydrogen) atoms. The average molecular weight is 272 g/mol. The summed E-state index contributed by atoms with van der Waals surface area (Å²) in [6, 6.07) is 9.68. The van der Waals surface area contributed by atoms with Crippen molar-refractivity contribution in [3.8, 4) is 6.07 Å².